The summed E-state index contributed by atoms with van der Waals surface area (Å²) in [6.45, 7) is 2.99. The van der Waals surface area contributed by atoms with E-state index in [4.69, 9.17) is 9.57 Å². The quantitative estimate of drug-likeness (QED) is 0.532. The molecule has 1 aliphatic heterocycles. The lowest BCUT2D eigenvalue weighted by molar-refractivity contribution is -0.137. The van der Waals surface area contributed by atoms with Crippen molar-refractivity contribution in [1.82, 2.24) is 14.6 Å². The maximum Gasteiger partial charge on any atom is 0.416 e. The largest absolute Gasteiger partial charge is 0.494 e. The lowest BCUT2D eigenvalue weighted by Crippen LogP contribution is -2.42. The molecular formula is C25H25F3N4O4. The molecule has 2 heterocycles. The van der Waals surface area contributed by atoms with Crippen molar-refractivity contribution in [3.05, 3.63) is 86.8 Å². The number of amides is 1. The number of fused-ring (bicyclic) bond motifs is 1. The Morgan fingerprint density at radius 3 is 2.42 bits per heavy atom. The van der Waals surface area contributed by atoms with Crippen LogP contribution in [0.1, 0.15) is 39.7 Å². The Morgan fingerprint density at radius 1 is 1.11 bits per heavy atom. The molecule has 0 atom stereocenters. The van der Waals surface area contributed by atoms with Gasteiger partial charge in [-0.25, -0.2) is 4.98 Å². The summed E-state index contributed by atoms with van der Waals surface area (Å²) < 4.78 is 44.7. The van der Waals surface area contributed by atoms with Crippen LogP contribution in [0.25, 0.3) is 0 Å². The van der Waals surface area contributed by atoms with Crippen LogP contribution < -0.4 is 20.5 Å². The molecule has 8 nitrogen and oxygen atoms in total. The Bertz CT molecular complexity index is 1290. The fourth-order valence-electron chi connectivity index (χ4n) is 3.95. The standard InChI is InChI=1S/C25H25F3N4O4/c1-3-36-19-10-6-17(7-11-19)22(33)31-13-12-21-20(15-31)23(34)32(35-2)24(30-21)29-14-16-4-8-18(9-5-16)25(26,27)28/h4-11H,3,12-15H2,1-2H3,(H,29,30). The van der Waals surface area contributed by atoms with Crippen molar-refractivity contribution in [3.63, 3.8) is 0 Å². The molecule has 0 radical (unpaired) electrons. The summed E-state index contributed by atoms with van der Waals surface area (Å²) in [7, 11) is 1.31. The molecule has 3 aromatic rings. The van der Waals surface area contributed by atoms with Crippen LogP contribution in [0.15, 0.2) is 53.3 Å². The predicted octanol–water partition coefficient (Wildman–Crippen LogP) is 3.53. The smallest absolute Gasteiger partial charge is 0.416 e. The van der Waals surface area contributed by atoms with E-state index in [1.165, 1.54) is 19.2 Å². The zero-order chi connectivity index (χ0) is 25.9. The monoisotopic (exact) mass is 502 g/mol. The Labute approximate surface area is 205 Å². The highest BCUT2D eigenvalue weighted by atomic mass is 19.4. The first-order valence-electron chi connectivity index (χ1n) is 11.3. The van der Waals surface area contributed by atoms with Crippen molar-refractivity contribution in [2.45, 2.75) is 32.6 Å². The van der Waals surface area contributed by atoms with Gasteiger partial charge in [-0.1, -0.05) is 12.1 Å². The second-order valence-electron chi connectivity index (χ2n) is 8.13. The van der Waals surface area contributed by atoms with Crippen molar-refractivity contribution in [2.75, 3.05) is 25.6 Å². The number of carbonyl (C=O) groups excluding carboxylic acids is 1. The first-order valence-corrected chi connectivity index (χ1v) is 11.3. The van der Waals surface area contributed by atoms with Crippen LogP contribution in [0.4, 0.5) is 19.1 Å². The van der Waals surface area contributed by atoms with Crippen LogP contribution in [0, 0.1) is 0 Å². The fourth-order valence-corrected chi connectivity index (χ4v) is 3.95. The van der Waals surface area contributed by atoms with Gasteiger partial charge in [-0.3, -0.25) is 9.59 Å². The Kier molecular flexibility index (Phi) is 7.18. The summed E-state index contributed by atoms with van der Waals surface area (Å²) in [6, 6.07) is 11.5. The minimum Gasteiger partial charge on any atom is -0.494 e. The van der Waals surface area contributed by atoms with Gasteiger partial charge in [0, 0.05) is 25.1 Å². The van der Waals surface area contributed by atoms with Crippen molar-refractivity contribution in [3.8, 4) is 5.75 Å². The number of hydrogen-bond donors (Lipinski definition) is 1. The van der Waals surface area contributed by atoms with Crippen LogP contribution in [-0.4, -0.2) is 40.8 Å². The predicted molar refractivity (Wildman–Crippen MR) is 126 cm³/mol. The van der Waals surface area contributed by atoms with Crippen molar-refractivity contribution >= 4 is 11.9 Å². The Morgan fingerprint density at radius 2 is 1.81 bits per heavy atom. The summed E-state index contributed by atoms with van der Waals surface area (Å²) >= 11 is 0. The molecule has 0 unspecified atom stereocenters. The summed E-state index contributed by atoms with van der Waals surface area (Å²) in [4.78, 5) is 37.4. The van der Waals surface area contributed by atoms with Gasteiger partial charge in [0.1, 0.15) is 12.9 Å². The molecule has 11 heteroatoms. The third kappa shape index (κ3) is 5.29. The third-order valence-corrected chi connectivity index (χ3v) is 5.81. The van der Waals surface area contributed by atoms with Crippen LogP contribution >= 0.6 is 0 Å². The number of rotatable bonds is 7. The highest BCUT2D eigenvalue weighted by molar-refractivity contribution is 5.94. The Balaban J connectivity index is 1.50. The van der Waals surface area contributed by atoms with Crippen LogP contribution in [0.2, 0.25) is 0 Å². The maximum atomic E-state index is 13.1. The van der Waals surface area contributed by atoms with Gasteiger partial charge in [-0.2, -0.15) is 13.2 Å². The SMILES string of the molecule is CCOc1ccc(C(=O)N2CCc3nc(NCc4ccc(C(F)(F)F)cc4)n(OC)c(=O)c3C2)cc1. The summed E-state index contributed by atoms with van der Waals surface area (Å²) in [5.74, 6) is 0.588. The van der Waals surface area contributed by atoms with E-state index >= 15 is 0 Å². The van der Waals surface area contributed by atoms with Crippen LogP contribution in [0.3, 0.4) is 0 Å². The van der Waals surface area contributed by atoms with E-state index in [9.17, 15) is 22.8 Å². The van der Waals surface area contributed by atoms with Gasteiger partial charge in [0.05, 0.1) is 30.0 Å². The average molecular weight is 502 g/mol. The molecule has 0 saturated carbocycles. The molecule has 1 aliphatic rings. The molecule has 2 aromatic carbocycles. The van der Waals surface area contributed by atoms with Gasteiger partial charge in [0.2, 0.25) is 5.95 Å². The van der Waals surface area contributed by atoms with E-state index in [0.29, 0.717) is 47.7 Å². The molecule has 0 fully saturated rings. The van der Waals surface area contributed by atoms with Crippen LogP contribution in [0.5, 0.6) is 5.75 Å². The van der Waals surface area contributed by atoms with E-state index in [-0.39, 0.29) is 24.9 Å². The molecule has 0 saturated heterocycles. The summed E-state index contributed by atoms with van der Waals surface area (Å²) in [5, 5.41) is 2.96. The zero-order valence-corrected chi connectivity index (χ0v) is 19.8. The minimum absolute atomic E-state index is 0.0791. The normalized spacial score (nSPS) is 13.2. The fraction of sp³-hybridized carbons (Fsp3) is 0.320. The lowest BCUT2D eigenvalue weighted by Gasteiger charge is -2.28. The van der Waals surface area contributed by atoms with Gasteiger partial charge in [-0.05, 0) is 48.9 Å². The van der Waals surface area contributed by atoms with Gasteiger partial charge < -0.3 is 19.8 Å². The molecule has 1 N–H and O–H groups in total. The van der Waals surface area contributed by atoms with Crippen molar-refractivity contribution in [2.24, 2.45) is 0 Å². The Hall–Kier alpha value is -4.02. The second kappa shape index (κ2) is 10.3. The molecule has 1 aromatic heterocycles. The molecular weight excluding hydrogens is 477 g/mol. The van der Waals surface area contributed by atoms with Crippen LogP contribution in [-0.2, 0) is 25.7 Å². The van der Waals surface area contributed by atoms with E-state index in [1.54, 1.807) is 29.2 Å². The first-order chi connectivity index (χ1) is 17.2. The summed E-state index contributed by atoms with van der Waals surface area (Å²) in [5.41, 5.74) is 0.751. The lowest BCUT2D eigenvalue weighted by atomic mass is 10.1. The number of nitrogens with one attached hydrogen (secondary N) is 1. The topological polar surface area (TPSA) is 85.7 Å². The first kappa shape index (κ1) is 25.1. The highest BCUT2D eigenvalue weighted by Gasteiger charge is 2.30. The molecule has 1 amide bonds. The number of hydrogen-bond acceptors (Lipinski definition) is 6. The number of alkyl halides is 3. The van der Waals surface area contributed by atoms with Crippen molar-refractivity contribution < 1.29 is 27.5 Å². The zero-order valence-electron chi connectivity index (χ0n) is 19.8. The number of anilines is 1. The van der Waals surface area contributed by atoms with E-state index in [0.717, 1.165) is 16.9 Å². The third-order valence-electron chi connectivity index (χ3n) is 5.81. The van der Waals surface area contributed by atoms with Gasteiger partial charge in [-0.15, -0.1) is 4.73 Å². The molecule has 0 bridgehead atoms. The number of halogens is 3. The minimum atomic E-state index is -4.41. The molecule has 0 aliphatic carbocycles. The molecule has 190 valence electrons. The number of carbonyl (C=O) groups is 1. The molecule has 4 rings (SSSR count). The number of nitrogens with zero attached hydrogens (tertiary/aromatic N) is 3. The average Bonchev–Trinajstić information content (AvgIpc) is 2.87. The molecule has 0 spiro atoms. The number of benzene rings is 2. The summed E-state index contributed by atoms with van der Waals surface area (Å²) in [6.07, 6.45) is -4.04. The van der Waals surface area contributed by atoms with E-state index < -0.39 is 17.3 Å². The highest BCUT2D eigenvalue weighted by Crippen LogP contribution is 2.29. The maximum absolute atomic E-state index is 13.1. The number of ether oxygens (including phenoxy) is 1. The van der Waals surface area contributed by atoms with Gasteiger partial charge in [0.15, 0.2) is 0 Å². The van der Waals surface area contributed by atoms with Gasteiger partial charge >= 0.3 is 6.18 Å². The number of aromatic nitrogens is 2. The second-order valence-corrected chi connectivity index (χ2v) is 8.13. The molecule has 36 heavy (non-hydrogen) atoms. The van der Waals surface area contributed by atoms with E-state index in [2.05, 4.69) is 10.3 Å². The van der Waals surface area contributed by atoms with E-state index in [1.807, 2.05) is 6.92 Å². The van der Waals surface area contributed by atoms with Crippen molar-refractivity contribution in [1.29, 1.82) is 0 Å². The van der Waals surface area contributed by atoms with Gasteiger partial charge in [0.25, 0.3) is 11.5 Å².